The largest absolute Gasteiger partial charge is 0.378 e. The van der Waals surface area contributed by atoms with Crippen molar-refractivity contribution in [3.63, 3.8) is 0 Å². The van der Waals surface area contributed by atoms with Gasteiger partial charge >= 0.3 is 0 Å². The van der Waals surface area contributed by atoms with Gasteiger partial charge in [-0.2, -0.15) is 0 Å². The fraction of sp³-hybridized carbons (Fsp3) is 0.500. The predicted molar refractivity (Wildman–Crippen MR) is 88.8 cm³/mol. The van der Waals surface area contributed by atoms with Gasteiger partial charge in [-0.25, -0.2) is 0 Å². The van der Waals surface area contributed by atoms with Crippen LogP contribution in [0.15, 0.2) is 24.3 Å². The summed E-state index contributed by atoms with van der Waals surface area (Å²) in [6.45, 7) is 0.994. The topological polar surface area (TPSA) is 55.9 Å². The smallest absolute Gasteiger partial charge is 0.236 e. The van der Waals surface area contributed by atoms with Crippen LogP contribution < -0.4 is 10.2 Å². The highest BCUT2D eigenvalue weighted by Crippen LogP contribution is 2.13. The van der Waals surface area contributed by atoms with Gasteiger partial charge in [0.25, 0.3) is 0 Å². The van der Waals surface area contributed by atoms with Crippen LogP contribution in [0.4, 0.5) is 5.69 Å². The van der Waals surface area contributed by atoms with E-state index in [0.717, 1.165) is 11.3 Å². The zero-order chi connectivity index (χ0) is 16.7. The monoisotopic (exact) mass is 306 g/mol. The molecule has 6 nitrogen and oxygen atoms in total. The molecular weight excluding hydrogens is 280 g/mol. The summed E-state index contributed by atoms with van der Waals surface area (Å²) in [5.41, 5.74) is 2.21. The Morgan fingerprint density at radius 3 is 2.09 bits per heavy atom. The first kappa shape index (κ1) is 18.0. The number of nitrogens with one attached hydrogen (secondary N) is 1. The molecule has 0 saturated heterocycles. The Balaban J connectivity index is 2.51. The number of amides is 2. The Kier molecular flexibility index (Phi) is 6.85. The van der Waals surface area contributed by atoms with Crippen molar-refractivity contribution in [3.8, 4) is 0 Å². The number of nitrogens with zero attached hydrogens (tertiary/aromatic N) is 3. The van der Waals surface area contributed by atoms with Crippen molar-refractivity contribution < 1.29 is 9.59 Å². The maximum absolute atomic E-state index is 12.1. The fourth-order valence-corrected chi connectivity index (χ4v) is 1.99. The van der Waals surface area contributed by atoms with Crippen LogP contribution >= 0.6 is 0 Å². The Bertz CT molecular complexity index is 499. The second kappa shape index (κ2) is 8.38. The Morgan fingerprint density at radius 2 is 1.59 bits per heavy atom. The normalized spacial score (nSPS) is 10.5. The quantitative estimate of drug-likeness (QED) is 0.792. The van der Waals surface area contributed by atoms with E-state index in [2.05, 4.69) is 5.32 Å². The van der Waals surface area contributed by atoms with Gasteiger partial charge in [-0.3, -0.25) is 14.5 Å². The van der Waals surface area contributed by atoms with E-state index in [1.54, 1.807) is 30.9 Å². The van der Waals surface area contributed by atoms with Crippen molar-refractivity contribution in [2.45, 2.75) is 6.54 Å². The van der Waals surface area contributed by atoms with Crippen molar-refractivity contribution >= 4 is 17.5 Å². The number of carbonyl (C=O) groups excluding carboxylic acids is 2. The molecule has 0 heterocycles. The van der Waals surface area contributed by atoms with E-state index < -0.39 is 0 Å². The third-order valence-electron chi connectivity index (χ3n) is 3.40. The number of hydrogen-bond acceptors (Lipinski definition) is 4. The van der Waals surface area contributed by atoms with E-state index >= 15 is 0 Å². The van der Waals surface area contributed by atoms with Crippen molar-refractivity contribution in [2.24, 2.45) is 0 Å². The lowest BCUT2D eigenvalue weighted by Gasteiger charge is -2.22. The van der Waals surface area contributed by atoms with Crippen LogP contribution in [0.1, 0.15) is 5.56 Å². The Hall–Kier alpha value is -2.08. The summed E-state index contributed by atoms with van der Waals surface area (Å²) < 4.78 is 0. The Morgan fingerprint density at radius 1 is 1.00 bits per heavy atom. The van der Waals surface area contributed by atoms with Crippen molar-refractivity contribution in [2.75, 3.05) is 53.2 Å². The summed E-state index contributed by atoms with van der Waals surface area (Å²) in [5, 5.41) is 2.54. The second-order valence-corrected chi connectivity index (χ2v) is 5.66. The lowest BCUT2D eigenvalue weighted by Crippen LogP contribution is -2.40. The van der Waals surface area contributed by atoms with E-state index in [4.69, 9.17) is 0 Å². The number of hydrogen-bond donors (Lipinski definition) is 1. The number of likely N-dealkylation sites (N-methyl/N-ethyl adjacent to an activating group) is 3. The molecule has 1 aromatic carbocycles. The van der Waals surface area contributed by atoms with Gasteiger partial charge in [-0.15, -0.1) is 0 Å². The van der Waals surface area contributed by atoms with Gasteiger partial charge in [-0.1, -0.05) is 12.1 Å². The first-order valence-electron chi connectivity index (χ1n) is 7.23. The number of rotatable bonds is 7. The van der Waals surface area contributed by atoms with E-state index in [1.807, 2.05) is 43.3 Å². The van der Waals surface area contributed by atoms with Crippen LogP contribution in [-0.4, -0.2) is 69.9 Å². The highest BCUT2D eigenvalue weighted by Gasteiger charge is 2.14. The van der Waals surface area contributed by atoms with Crippen LogP contribution in [0.2, 0.25) is 0 Å². The highest BCUT2D eigenvalue weighted by atomic mass is 16.2. The maximum Gasteiger partial charge on any atom is 0.236 e. The van der Waals surface area contributed by atoms with Gasteiger partial charge in [0.15, 0.2) is 0 Å². The lowest BCUT2D eigenvalue weighted by atomic mass is 10.2. The highest BCUT2D eigenvalue weighted by molar-refractivity contribution is 5.80. The van der Waals surface area contributed by atoms with E-state index in [0.29, 0.717) is 6.54 Å². The molecule has 22 heavy (non-hydrogen) atoms. The molecule has 2 amide bonds. The molecule has 0 saturated carbocycles. The van der Waals surface area contributed by atoms with Crippen LogP contribution in [-0.2, 0) is 16.1 Å². The Labute approximate surface area is 132 Å². The number of anilines is 1. The van der Waals surface area contributed by atoms with Crippen LogP contribution in [0, 0.1) is 0 Å². The molecule has 0 radical (unpaired) electrons. The van der Waals surface area contributed by atoms with Gasteiger partial charge in [-0.05, 0) is 24.7 Å². The standard InChI is InChI=1S/C16H26N4O2/c1-17-15(21)11-19(4)12-16(22)20(5)10-13-6-8-14(9-7-13)18(2)3/h6-9H,10-12H2,1-5H3,(H,17,21). The molecule has 0 unspecified atom stereocenters. The zero-order valence-corrected chi connectivity index (χ0v) is 14.1. The summed E-state index contributed by atoms with van der Waals surface area (Å²) in [7, 11) is 9.10. The molecule has 6 heteroatoms. The molecule has 0 aliphatic rings. The van der Waals surface area contributed by atoms with Crippen LogP contribution in [0.5, 0.6) is 0 Å². The molecule has 0 atom stereocenters. The summed E-state index contributed by atoms with van der Waals surface area (Å²) in [6, 6.07) is 8.11. The fourth-order valence-electron chi connectivity index (χ4n) is 1.99. The van der Waals surface area contributed by atoms with E-state index in [9.17, 15) is 9.59 Å². The average Bonchev–Trinajstić information content (AvgIpc) is 2.47. The first-order chi connectivity index (χ1) is 10.3. The van der Waals surface area contributed by atoms with Gasteiger partial charge in [0.1, 0.15) is 0 Å². The second-order valence-electron chi connectivity index (χ2n) is 5.66. The number of benzene rings is 1. The van der Waals surface area contributed by atoms with Crippen molar-refractivity contribution in [1.29, 1.82) is 0 Å². The van der Waals surface area contributed by atoms with E-state index in [-0.39, 0.29) is 24.9 Å². The van der Waals surface area contributed by atoms with Crippen LogP contribution in [0.3, 0.4) is 0 Å². The van der Waals surface area contributed by atoms with E-state index in [1.165, 1.54) is 0 Å². The molecule has 0 fully saturated rings. The van der Waals surface area contributed by atoms with Gasteiger partial charge < -0.3 is 15.1 Å². The minimum absolute atomic E-state index is 0.0110. The molecule has 1 aromatic rings. The molecule has 0 aromatic heterocycles. The third-order valence-corrected chi connectivity index (χ3v) is 3.40. The summed E-state index contributed by atoms with van der Waals surface area (Å²) >= 11 is 0. The molecule has 122 valence electrons. The molecule has 0 bridgehead atoms. The first-order valence-corrected chi connectivity index (χ1v) is 7.23. The minimum Gasteiger partial charge on any atom is -0.378 e. The van der Waals surface area contributed by atoms with Crippen LogP contribution in [0.25, 0.3) is 0 Å². The predicted octanol–water partition coefficient (Wildman–Crippen LogP) is 0.389. The SMILES string of the molecule is CNC(=O)CN(C)CC(=O)N(C)Cc1ccc(N(C)C)cc1. The average molecular weight is 306 g/mol. The van der Waals surface area contributed by atoms with Gasteiger partial charge in [0.2, 0.25) is 11.8 Å². The molecule has 0 aliphatic heterocycles. The zero-order valence-electron chi connectivity index (χ0n) is 14.1. The van der Waals surface area contributed by atoms with Gasteiger partial charge in [0, 0.05) is 40.4 Å². The molecule has 0 aliphatic carbocycles. The summed E-state index contributed by atoms with van der Waals surface area (Å²) in [6.07, 6.45) is 0. The maximum atomic E-state index is 12.1. The third kappa shape index (κ3) is 5.73. The number of carbonyl (C=O) groups is 2. The summed E-state index contributed by atoms with van der Waals surface area (Å²) in [4.78, 5) is 28.8. The summed E-state index contributed by atoms with van der Waals surface area (Å²) in [5.74, 6) is -0.111. The van der Waals surface area contributed by atoms with Crippen molar-refractivity contribution in [3.05, 3.63) is 29.8 Å². The van der Waals surface area contributed by atoms with Crippen molar-refractivity contribution in [1.82, 2.24) is 15.1 Å². The molecule has 1 N–H and O–H groups in total. The molecular formula is C16H26N4O2. The molecule has 0 spiro atoms. The molecule has 1 rings (SSSR count). The van der Waals surface area contributed by atoms with Gasteiger partial charge in [0.05, 0.1) is 13.1 Å². The minimum atomic E-state index is -0.0998. The lowest BCUT2D eigenvalue weighted by molar-refractivity contribution is -0.132.